The average Bonchev–Trinajstić information content (AvgIpc) is 2.41. The molecule has 1 N–H and O–H groups in total. The van der Waals surface area contributed by atoms with Gasteiger partial charge in [-0.1, -0.05) is 12.1 Å². The van der Waals surface area contributed by atoms with Gasteiger partial charge in [0, 0.05) is 13.0 Å². The summed E-state index contributed by atoms with van der Waals surface area (Å²) in [5.74, 6) is 0.964. The quantitative estimate of drug-likeness (QED) is 0.727. The summed E-state index contributed by atoms with van der Waals surface area (Å²) >= 11 is 0. The van der Waals surface area contributed by atoms with Crippen LogP contribution in [-0.4, -0.2) is 45.1 Å². The third kappa shape index (κ3) is 6.82. The van der Waals surface area contributed by atoms with Crippen LogP contribution in [-0.2, 0) is 11.2 Å². The number of aryl methyl sites for hydroxylation is 1. The highest BCUT2D eigenvalue weighted by Gasteiger charge is 2.02. The number of carbonyl (C=O) groups excluding carboxylic acids is 1. The zero-order valence-corrected chi connectivity index (χ0v) is 12.1. The van der Waals surface area contributed by atoms with E-state index in [9.17, 15) is 4.79 Å². The predicted molar refractivity (Wildman–Crippen MR) is 77.5 cm³/mol. The van der Waals surface area contributed by atoms with Crippen molar-refractivity contribution in [3.05, 3.63) is 29.8 Å². The van der Waals surface area contributed by atoms with Crippen molar-refractivity contribution in [1.29, 1.82) is 0 Å². The number of carbonyl (C=O) groups is 1. The molecular formula is C15H24N2O2. The van der Waals surface area contributed by atoms with E-state index in [1.165, 1.54) is 0 Å². The van der Waals surface area contributed by atoms with Crippen LogP contribution >= 0.6 is 0 Å². The lowest BCUT2D eigenvalue weighted by Gasteiger charge is -2.10. The molecule has 0 aliphatic rings. The Bertz CT molecular complexity index is 374. The Hall–Kier alpha value is -1.55. The third-order valence-electron chi connectivity index (χ3n) is 2.90. The van der Waals surface area contributed by atoms with Crippen LogP contribution in [0.2, 0.25) is 0 Å². The number of rotatable bonds is 8. The summed E-state index contributed by atoms with van der Waals surface area (Å²) in [5, 5.41) is 2.94. The number of benzene rings is 1. The maximum atomic E-state index is 11.6. The molecule has 0 aliphatic carbocycles. The first-order chi connectivity index (χ1) is 9.11. The van der Waals surface area contributed by atoms with E-state index >= 15 is 0 Å². The van der Waals surface area contributed by atoms with Gasteiger partial charge in [0.1, 0.15) is 5.75 Å². The molecule has 0 heterocycles. The summed E-state index contributed by atoms with van der Waals surface area (Å²) in [6, 6.07) is 7.84. The number of nitrogens with one attached hydrogen (secondary N) is 1. The van der Waals surface area contributed by atoms with Crippen molar-refractivity contribution in [3.8, 4) is 5.75 Å². The molecule has 0 radical (unpaired) electrons. The summed E-state index contributed by atoms with van der Waals surface area (Å²) in [6.07, 6.45) is 2.29. The standard InChI is InChI=1S/C15H24N2O2/c1-17(2)12-4-11-16-15(18)10-7-13-5-8-14(19-3)9-6-13/h5-6,8-9H,4,7,10-12H2,1-3H3,(H,16,18). The van der Waals surface area contributed by atoms with Crippen molar-refractivity contribution < 1.29 is 9.53 Å². The van der Waals surface area contributed by atoms with Crippen molar-refractivity contribution in [1.82, 2.24) is 10.2 Å². The van der Waals surface area contributed by atoms with Crippen LogP contribution in [0.1, 0.15) is 18.4 Å². The molecule has 106 valence electrons. The number of hydrogen-bond acceptors (Lipinski definition) is 3. The van der Waals surface area contributed by atoms with Crippen LogP contribution in [0.3, 0.4) is 0 Å². The normalized spacial score (nSPS) is 10.5. The first-order valence-corrected chi connectivity index (χ1v) is 6.66. The van der Waals surface area contributed by atoms with Gasteiger partial charge >= 0.3 is 0 Å². The average molecular weight is 264 g/mol. The fraction of sp³-hybridized carbons (Fsp3) is 0.533. The van der Waals surface area contributed by atoms with E-state index in [0.29, 0.717) is 6.42 Å². The Morgan fingerprint density at radius 1 is 1.26 bits per heavy atom. The minimum absolute atomic E-state index is 0.120. The number of methoxy groups -OCH3 is 1. The van der Waals surface area contributed by atoms with E-state index in [2.05, 4.69) is 10.2 Å². The monoisotopic (exact) mass is 264 g/mol. The van der Waals surface area contributed by atoms with E-state index < -0.39 is 0 Å². The number of hydrogen-bond donors (Lipinski definition) is 1. The van der Waals surface area contributed by atoms with Crippen LogP contribution < -0.4 is 10.1 Å². The highest BCUT2D eigenvalue weighted by molar-refractivity contribution is 5.76. The molecule has 0 fully saturated rings. The fourth-order valence-electron chi connectivity index (χ4n) is 1.76. The molecule has 0 spiro atoms. The molecule has 0 aliphatic heterocycles. The highest BCUT2D eigenvalue weighted by Crippen LogP contribution is 2.12. The van der Waals surface area contributed by atoms with E-state index in [1.54, 1.807) is 7.11 Å². The molecule has 0 atom stereocenters. The van der Waals surface area contributed by atoms with Crippen LogP contribution in [0.25, 0.3) is 0 Å². The lowest BCUT2D eigenvalue weighted by atomic mass is 10.1. The summed E-state index contributed by atoms with van der Waals surface area (Å²) in [5.41, 5.74) is 1.16. The van der Waals surface area contributed by atoms with Gasteiger partial charge in [-0.05, 0) is 51.2 Å². The summed E-state index contributed by atoms with van der Waals surface area (Å²) in [6.45, 7) is 1.75. The van der Waals surface area contributed by atoms with E-state index in [-0.39, 0.29) is 5.91 Å². The van der Waals surface area contributed by atoms with Crippen molar-refractivity contribution in [2.45, 2.75) is 19.3 Å². The highest BCUT2D eigenvalue weighted by atomic mass is 16.5. The molecule has 4 heteroatoms. The Balaban J connectivity index is 2.18. The number of nitrogens with zero attached hydrogens (tertiary/aromatic N) is 1. The smallest absolute Gasteiger partial charge is 0.220 e. The number of ether oxygens (including phenoxy) is 1. The van der Waals surface area contributed by atoms with Gasteiger partial charge in [0.2, 0.25) is 5.91 Å². The van der Waals surface area contributed by atoms with E-state index in [1.807, 2.05) is 38.4 Å². The second kappa shape index (κ2) is 8.53. The van der Waals surface area contributed by atoms with Gasteiger partial charge in [-0.25, -0.2) is 0 Å². The Morgan fingerprint density at radius 2 is 1.95 bits per heavy atom. The number of amides is 1. The molecular weight excluding hydrogens is 240 g/mol. The fourth-order valence-corrected chi connectivity index (χ4v) is 1.76. The molecule has 1 amide bonds. The summed E-state index contributed by atoms with van der Waals surface area (Å²) in [4.78, 5) is 13.7. The zero-order chi connectivity index (χ0) is 14.1. The Kier molecular flexibility index (Phi) is 6.97. The topological polar surface area (TPSA) is 41.6 Å². The lowest BCUT2D eigenvalue weighted by Crippen LogP contribution is -2.27. The first-order valence-electron chi connectivity index (χ1n) is 6.66. The summed E-state index contributed by atoms with van der Waals surface area (Å²) in [7, 11) is 5.72. The van der Waals surface area contributed by atoms with Crippen LogP contribution in [0.5, 0.6) is 5.75 Å². The van der Waals surface area contributed by atoms with Crippen LogP contribution in [0, 0.1) is 0 Å². The maximum Gasteiger partial charge on any atom is 0.220 e. The molecule has 0 unspecified atom stereocenters. The molecule has 0 bridgehead atoms. The van der Waals surface area contributed by atoms with Crippen molar-refractivity contribution in [2.75, 3.05) is 34.3 Å². The Labute approximate surface area is 115 Å². The van der Waals surface area contributed by atoms with Crippen molar-refractivity contribution in [3.63, 3.8) is 0 Å². The second-order valence-electron chi connectivity index (χ2n) is 4.85. The van der Waals surface area contributed by atoms with Crippen LogP contribution in [0.4, 0.5) is 0 Å². The first kappa shape index (κ1) is 15.5. The minimum Gasteiger partial charge on any atom is -0.497 e. The van der Waals surface area contributed by atoms with Gasteiger partial charge in [0.25, 0.3) is 0 Å². The molecule has 1 aromatic carbocycles. The predicted octanol–water partition coefficient (Wildman–Crippen LogP) is 1.70. The molecule has 0 saturated carbocycles. The second-order valence-corrected chi connectivity index (χ2v) is 4.85. The maximum absolute atomic E-state index is 11.6. The molecule has 1 rings (SSSR count). The van der Waals surface area contributed by atoms with Crippen LogP contribution in [0.15, 0.2) is 24.3 Å². The van der Waals surface area contributed by atoms with E-state index in [0.717, 1.165) is 37.2 Å². The van der Waals surface area contributed by atoms with Gasteiger partial charge in [0.05, 0.1) is 7.11 Å². The molecule has 1 aromatic rings. The van der Waals surface area contributed by atoms with Gasteiger partial charge < -0.3 is 15.0 Å². The van der Waals surface area contributed by atoms with Crippen molar-refractivity contribution in [2.24, 2.45) is 0 Å². The van der Waals surface area contributed by atoms with Gasteiger partial charge in [-0.2, -0.15) is 0 Å². The lowest BCUT2D eigenvalue weighted by molar-refractivity contribution is -0.121. The Morgan fingerprint density at radius 3 is 2.53 bits per heavy atom. The zero-order valence-electron chi connectivity index (χ0n) is 12.1. The minimum atomic E-state index is 0.120. The molecule has 4 nitrogen and oxygen atoms in total. The van der Waals surface area contributed by atoms with Gasteiger partial charge in [0.15, 0.2) is 0 Å². The van der Waals surface area contributed by atoms with Gasteiger partial charge in [-0.15, -0.1) is 0 Å². The molecule has 19 heavy (non-hydrogen) atoms. The summed E-state index contributed by atoms with van der Waals surface area (Å²) < 4.78 is 5.10. The molecule has 0 saturated heterocycles. The third-order valence-corrected chi connectivity index (χ3v) is 2.90. The van der Waals surface area contributed by atoms with Crippen molar-refractivity contribution >= 4 is 5.91 Å². The van der Waals surface area contributed by atoms with Gasteiger partial charge in [-0.3, -0.25) is 4.79 Å². The largest absolute Gasteiger partial charge is 0.497 e. The SMILES string of the molecule is COc1ccc(CCC(=O)NCCCN(C)C)cc1. The molecule has 0 aromatic heterocycles. The van der Waals surface area contributed by atoms with E-state index in [4.69, 9.17) is 4.74 Å².